The number of anilines is 1. The molecule has 0 aliphatic rings. The number of hydrogen-bond donors (Lipinski definition) is 3. The second-order valence-electron chi connectivity index (χ2n) is 7.35. The van der Waals surface area contributed by atoms with E-state index in [-0.39, 0.29) is 6.42 Å². The van der Waals surface area contributed by atoms with Gasteiger partial charge < -0.3 is 20.8 Å². The van der Waals surface area contributed by atoms with Gasteiger partial charge in [0.25, 0.3) is 0 Å². The van der Waals surface area contributed by atoms with Gasteiger partial charge in [0.2, 0.25) is 0 Å². The van der Waals surface area contributed by atoms with E-state index in [1.807, 2.05) is 48.5 Å². The Hall–Kier alpha value is -3.86. The molecule has 0 unspecified atom stereocenters. The van der Waals surface area contributed by atoms with Gasteiger partial charge in [-0.2, -0.15) is 0 Å². The minimum Gasteiger partial charge on any atom is -0.481 e. The SMILES string of the molecule is CCC(=O)O.Cc1ccccc1CC(=N)c1cn(-c2ccc(N)cc2)c2ccccc12. The highest BCUT2D eigenvalue weighted by molar-refractivity contribution is 6.10. The maximum Gasteiger partial charge on any atom is 0.303 e. The van der Waals surface area contributed by atoms with Gasteiger partial charge in [-0.3, -0.25) is 4.79 Å². The van der Waals surface area contributed by atoms with Gasteiger partial charge in [-0.1, -0.05) is 49.4 Å². The largest absolute Gasteiger partial charge is 0.481 e. The lowest BCUT2D eigenvalue weighted by Gasteiger charge is -2.06. The fourth-order valence-corrected chi connectivity index (χ4v) is 3.36. The van der Waals surface area contributed by atoms with E-state index in [1.54, 1.807) is 6.92 Å². The zero-order chi connectivity index (χ0) is 22.4. The van der Waals surface area contributed by atoms with Crippen molar-refractivity contribution in [2.45, 2.75) is 26.7 Å². The van der Waals surface area contributed by atoms with Crippen molar-refractivity contribution in [2.75, 3.05) is 5.73 Å². The number of carboxylic acids is 1. The number of nitrogens with zero attached hydrogens (tertiary/aromatic N) is 1. The standard InChI is InChI=1S/C23H21N3.C3H6O2/c1-16-6-2-3-7-17(16)14-22(25)21-15-26(19-12-10-18(24)11-13-19)23-9-5-4-8-20(21)23;1-2-3(4)5/h2-13,15,25H,14,24H2,1H3;2H2,1H3,(H,4,5). The van der Waals surface area contributed by atoms with E-state index in [4.69, 9.17) is 16.2 Å². The summed E-state index contributed by atoms with van der Waals surface area (Å²) in [5.41, 5.74) is 12.7. The first-order chi connectivity index (χ1) is 14.9. The third-order valence-corrected chi connectivity index (χ3v) is 5.14. The average Bonchev–Trinajstić information content (AvgIpc) is 3.16. The zero-order valence-electron chi connectivity index (χ0n) is 17.8. The monoisotopic (exact) mass is 413 g/mol. The van der Waals surface area contributed by atoms with Gasteiger partial charge in [0.05, 0.1) is 5.52 Å². The molecular weight excluding hydrogens is 386 g/mol. The second-order valence-corrected chi connectivity index (χ2v) is 7.35. The number of carbonyl (C=O) groups is 1. The van der Waals surface area contributed by atoms with Crippen LogP contribution in [-0.2, 0) is 11.2 Å². The van der Waals surface area contributed by atoms with Crippen molar-refractivity contribution in [1.82, 2.24) is 4.57 Å². The third kappa shape index (κ3) is 5.20. The molecule has 0 atom stereocenters. The molecule has 0 amide bonds. The lowest BCUT2D eigenvalue weighted by molar-refractivity contribution is -0.136. The Labute approximate surface area is 182 Å². The molecule has 4 N–H and O–H groups in total. The normalized spacial score (nSPS) is 10.4. The number of benzene rings is 3. The van der Waals surface area contributed by atoms with Crippen LogP contribution in [0.3, 0.4) is 0 Å². The molecule has 1 aromatic heterocycles. The van der Waals surface area contributed by atoms with Crippen LogP contribution in [0.1, 0.15) is 30.0 Å². The number of nitrogens with two attached hydrogens (primary N) is 1. The average molecular weight is 414 g/mol. The predicted molar refractivity (Wildman–Crippen MR) is 127 cm³/mol. The van der Waals surface area contributed by atoms with Crippen LogP contribution in [0.5, 0.6) is 0 Å². The molecule has 5 nitrogen and oxygen atoms in total. The van der Waals surface area contributed by atoms with E-state index in [2.05, 4.69) is 42.0 Å². The summed E-state index contributed by atoms with van der Waals surface area (Å²) >= 11 is 0. The van der Waals surface area contributed by atoms with Crippen LogP contribution in [0.4, 0.5) is 5.69 Å². The van der Waals surface area contributed by atoms with Crippen molar-refractivity contribution in [3.63, 3.8) is 0 Å². The Morgan fingerprint density at radius 3 is 2.26 bits per heavy atom. The summed E-state index contributed by atoms with van der Waals surface area (Å²) in [5, 5.41) is 17.5. The number of aliphatic carboxylic acids is 1. The molecule has 4 aromatic rings. The van der Waals surface area contributed by atoms with Crippen molar-refractivity contribution in [1.29, 1.82) is 5.41 Å². The molecule has 5 heteroatoms. The van der Waals surface area contributed by atoms with E-state index >= 15 is 0 Å². The van der Waals surface area contributed by atoms with Gasteiger partial charge in [0, 0.05) is 47.1 Å². The smallest absolute Gasteiger partial charge is 0.303 e. The van der Waals surface area contributed by atoms with E-state index in [0.29, 0.717) is 12.1 Å². The quantitative estimate of drug-likeness (QED) is 0.293. The van der Waals surface area contributed by atoms with Gasteiger partial charge in [-0.25, -0.2) is 0 Å². The molecule has 3 aromatic carbocycles. The molecule has 158 valence electrons. The minimum atomic E-state index is -0.745. The van der Waals surface area contributed by atoms with Crippen molar-refractivity contribution in [3.8, 4) is 5.69 Å². The van der Waals surface area contributed by atoms with E-state index in [0.717, 1.165) is 27.8 Å². The number of carboxylic acid groups (broad SMARTS) is 1. The van der Waals surface area contributed by atoms with E-state index < -0.39 is 5.97 Å². The molecule has 0 fully saturated rings. The molecule has 0 bridgehead atoms. The van der Waals surface area contributed by atoms with Crippen LogP contribution in [0.25, 0.3) is 16.6 Å². The Morgan fingerprint density at radius 2 is 1.61 bits per heavy atom. The fraction of sp³-hybridized carbons (Fsp3) is 0.154. The molecule has 4 rings (SSSR count). The number of fused-ring (bicyclic) bond motifs is 1. The fourth-order valence-electron chi connectivity index (χ4n) is 3.36. The van der Waals surface area contributed by atoms with E-state index in [1.165, 1.54) is 11.1 Å². The van der Waals surface area contributed by atoms with Crippen molar-refractivity contribution >= 4 is 28.3 Å². The maximum atomic E-state index is 9.37. The summed E-state index contributed by atoms with van der Waals surface area (Å²) < 4.78 is 2.14. The molecular formula is C26H27N3O2. The van der Waals surface area contributed by atoms with Crippen LogP contribution in [0, 0.1) is 12.3 Å². The van der Waals surface area contributed by atoms with Crippen molar-refractivity contribution in [3.05, 3.63) is 95.7 Å². The van der Waals surface area contributed by atoms with Crippen molar-refractivity contribution in [2.24, 2.45) is 0 Å². The number of nitrogen functional groups attached to an aromatic ring is 1. The van der Waals surface area contributed by atoms with Crippen LogP contribution < -0.4 is 5.73 Å². The third-order valence-electron chi connectivity index (χ3n) is 5.14. The maximum absolute atomic E-state index is 9.37. The number of aromatic nitrogens is 1. The van der Waals surface area contributed by atoms with E-state index in [9.17, 15) is 4.79 Å². The Balaban J connectivity index is 0.000000491. The number of hydrogen-bond acceptors (Lipinski definition) is 3. The lowest BCUT2D eigenvalue weighted by Crippen LogP contribution is -2.04. The molecule has 0 aliphatic heterocycles. The molecule has 0 radical (unpaired) electrons. The van der Waals surface area contributed by atoms with Gasteiger partial charge in [0.1, 0.15) is 0 Å². The lowest BCUT2D eigenvalue weighted by atomic mass is 9.99. The van der Waals surface area contributed by atoms with Gasteiger partial charge in [-0.15, -0.1) is 0 Å². The zero-order valence-corrected chi connectivity index (χ0v) is 17.8. The van der Waals surface area contributed by atoms with Crippen LogP contribution in [0.2, 0.25) is 0 Å². The van der Waals surface area contributed by atoms with Gasteiger partial charge in [0.15, 0.2) is 0 Å². The molecule has 1 heterocycles. The molecule has 31 heavy (non-hydrogen) atoms. The summed E-state index contributed by atoms with van der Waals surface area (Å²) in [5.74, 6) is -0.745. The summed E-state index contributed by atoms with van der Waals surface area (Å²) in [7, 11) is 0. The number of para-hydroxylation sites is 1. The highest BCUT2D eigenvalue weighted by Gasteiger charge is 2.14. The molecule has 0 spiro atoms. The number of rotatable bonds is 5. The van der Waals surface area contributed by atoms with Crippen molar-refractivity contribution < 1.29 is 9.90 Å². The topological polar surface area (TPSA) is 92.1 Å². The van der Waals surface area contributed by atoms with Crippen LogP contribution >= 0.6 is 0 Å². The summed E-state index contributed by atoms with van der Waals surface area (Å²) in [4.78, 5) is 9.37. The number of aryl methyl sites for hydroxylation is 1. The Morgan fingerprint density at radius 1 is 1.00 bits per heavy atom. The first kappa shape index (κ1) is 21.8. The van der Waals surface area contributed by atoms with Crippen LogP contribution in [0.15, 0.2) is 79.0 Å². The van der Waals surface area contributed by atoms with Gasteiger partial charge >= 0.3 is 5.97 Å². The Bertz CT molecular complexity index is 1210. The first-order valence-electron chi connectivity index (χ1n) is 10.2. The summed E-state index contributed by atoms with van der Waals surface area (Å²) in [6.07, 6.45) is 2.92. The molecule has 0 saturated carbocycles. The Kier molecular flexibility index (Phi) is 6.88. The summed E-state index contributed by atoms with van der Waals surface area (Å²) in [6, 6.07) is 24.3. The van der Waals surface area contributed by atoms with Crippen LogP contribution in [-0.4, -0.2) is 21.4 Å². The summed E-state index contributed by atoms with van der Waals surface area (Å²) in [6.45, 7) is 3.70. The highest BCUT2D eigenvalue weighted by Crippen LogP contribution is 2.26. The second kappa shape index (κ2) is 9.76. The molecule has 0 aliphatic carbocycles. The highest BCUT2D eigenvalue weighted by atomic mass is 16.4. The predicted octanol–water partition coefficient (Wildman–Crippen LogP) is 5.61. The molecule has 0 saturated heterocycles. The number of nitrogens with one attached hydrogen (secondary N) is 1. The van der Waals surface area contributed by atoms with Gasteiger partial charge in [-0.05, 0) is 48.4 Å². The first-order valence-corrected chi connectivity index (χ1v) is 10.2. The minimum absolute atomic E-state index is 0.222.